The van der Waals surface area contributed by atoms with E-state index >= 15 is 0 Å². The minimum absolute atomic E-state index is 0.215. The van der Waals surface area contributed by atoms with Crippen LogP contribution in [0.15, 0.2) is 65.6 Å². The van der Waals surface area contributed by atoms with Gasteiger partial charge in [-0.3, -0.25) is 4.79 Å². The van der Waals surface area contributed by atoms with Gasteiger partial charge in [0.25, 0.3) is 0 Å². The van der Waals surface area contributed by atoms with Crippen LogP contribution in [0.2, 0.25) is 0 Å². The van der Waals surface area contributed by atoms with Crippen molar-refractivity contribution >= 4 is 15.9 Å². The second-order valence-corrected chi connectivity index (χ2v) is 7.93. The predicted molar refractivity (Wildman–Crippen MR) is 98.3 cm³/mol. The van der Waals surface area contributed by atoms with E-state index in [-0.39, 0.29) is 10.8 Å². The Morgan fingerprint density at radius 3 is 2.42 bits per heavy atom. The Morgan fingerprint density at radius 2 is 1.73 bits per heavy atom. The predicted octanol–water partition coefficient (Wildman–Crippen LogP) is 2.03. The van der Waals surface area contributed by atoms with Crippen LogP contribution < -0.4 is 10.1 Å². The van der Waals surface area contributed by atoms with Crippen molar-refractivity contribution in [3.8, 4) is 5.75 Å². The van der Waals surface area contributed by atoms with Gasteiger partial charge < -0.3 is 10.1 Å². The molecule has 1 aliphatic rings. The number of sulfonamides is 1. The van der Waals surface area contributed by atoms with E-state index < -0.39 is 16.1 Å². The van der Waals surface area contributed by atoms with Crippen molar-refractivity contribution in [2.75, 3.05) is 19.7 Å². The number of nitrogens with zero attached hydrogens (tertiary/aromatic N) is 1. The van der Waals surface area contributed by atoms with Crippen molar-refractivity contribution in [1.82, 2.24) is 9.62 Å². The summed E-state index contributed by atoms with van der Waals surface area (Å²) in [6.07, 6.45) is 1.20. The first-order chi connectivity index (χ1) is 12.6. The molecule has 0 aliphatic carbocycles. The molecule has 6 nitrogen and oxygen atoms in total. The molecule has 2 aromatic carbocycles. The van der Waals surface area contributed by atoms with Crippen molar-refractivity contribution in [2.24, 2.45) is 0 Å². The molecule has 0 saturated carbocycles. The summed E-state index contributed by atoms with van der Waals surface area (Å²) < 4.78 is 32.4. The van der Waals surface area contributed by atoms with E-state index in [1.807, 2.05) is 30.3 Å². The molecular formula is C19H22N2O4S. The van der Waals surface area contributed by atoms with Crippen molar-refractivity contribution in [1.29, 1.82) is 0 Å². The smallest absolute Gasteiger partial charge is 0.243 e. The molecule has 1 N–H and O–H groups in total. The number of amides is 1. The van der Waals surface area contributed by atoms with Crippen LogP contribution in [0.1, 0.15) is 12.8 Å². The lowest BCUT2D eigenvalue weighted by atomic mass is 10.2. The van der Waals surface area contributed by atoms with Gasteiger partial charge in [0.05, 0.1) is 11.4 Å². The summed E-state index contributed by atoms with van der Waals surface area (Å²) in [6.45, 7) is 1.01. The number of nitrogens with one attached hydrogen (secondary N) is 1. The molecule has 1 aliphatic heterocycles. The molecule has 7 heteroatoms. The van der Waals surface area contributed by atoms with Gasteiger partial charge in [0, 0.05) is 6.54 Å². The molecule has 1 heterocycles. The van der Waals surface area contributed by atoms with Crippen LogP contribution in [0.5, 0.6) is 5.75 Å². The molecule has 3 rings (SSSR count). The number of rotatable bonds is 7. The lowest BCUT2D eigenvalue weighted by Crippen LogP contribution is -2.46. The third kappa shape index (κ3) is 4.23. The maximum absolute atomic E-state index is 12.8. The molecule has 0 spiro atoms. The number of benzene rings is 2. The number of para-hydroxylation sites is 1. The number of hydrogen-bond acceptors (Lipinski definition) is 4. The lowest BCUT2D eigenvalue weighted by Gasteiger charge is -2.23. The topological polar surface area (TPSA) is 75.7 Å². The summed E-state index contributed by atoms with van der Waals surface area (Å²) in [7, 11) is -3.67. The normalized spacial score (nSPS) is 17.8. The van der Waals surface area contributed by atoms with Gasteiger partial charge in [-0.2, -0.15) is 4.31 Å². The molecule has 1 amide bonds. The zero-order valence-electron chi connectivity index (χ0n) is 14.4. The monoisotopic (exact) mass is 374 g/mol. The third-order valence-corrected chi connectivity index (χ3v) is 6.19. The number of carbonyl (C=O) groups is 1. The summed E-state index contributed by atoms with van der Waals surface area (Å²) in [6, 6.07) is 16.9. The SMILES string of the molecule is O=C(NCCOc1ccccc1)C1CCCN1S(=O)(=O)c1ccccc1. The van der Waals surface area contributed by atoms with E-state index in [2.05, 4.69) is 5.32 Å². The lowest BCUT2D eigenvalue weighted by molar-refractivity contribution is -0.124. The quantitative estimate of drug-likeness (QED) is 0.753. The fourth-order valence-electron chi connectivity index (χ4n) is 3.00. The van der Waals surface area contributed by atoms with E-state index in [9.17, 15) is 13.2 Å². The van der Waals surface area contributed by atoms with Crippen LogP contribution in [-0.4, -0.2) is 44.4 Å². The summed E-state index contributed by atoms with van der Waals surface area (Å²) in [5, 5.41) is 2.78. The summed E-state index contributed by atoms with van der Waals surface area (Å²) in [4.78, 5) is 12.7. The van der Waals surface area contributed by atoms with Crippen molar-refractivity contribution < 1.29 is 17.9 Å². The van der Waals surface area contributed by atoms with E-state index in [0.29, 0.717) is 32.5 Å². The van der Waals surface area contributed by atoms with Crippen LogP contribution in [0.25, 0.3) is 0 Å². The Kier molecular flexibility index (Phi) is 5.90. The number of carbonyl (C=O) groups excluding carboxylic acids is 1. The standard InChI is InChI=1S/C19H22N2O4S/c22-19(20-13-15-25-16-8-3-1-4-9-16)18-12-7-14-21(18)26(23,24)17-10-5-2-6-11-17/h1-6,8-11,18H,7,12-15H2,(H,20,22). The molecule has 0 bridgehead atoms. The van der Waals surface area contributed by atoms with Gasteiger partial charge in [0.15, 0.2) is 0 Å². The van der Waals surface area contributed by atoms with Crippen LogP contribution in [-0.2, 0) is 14.8 Å². The van der Waals surface area contributed by atoms with Gasteiger partial charge in [-0.15, -0.1) is 0 Å². The molecule has 1 atom stereocenters. The third-order valence-electron chi connectivity index (χ3n) is 4.27. The number of ether oxygens (including phenoxy) is 1. The van der Waals surface area contributed by atoms with E-state index in [4.69, 9.17) is 4.74 Å². The first kappa shape index (κ1) is 18.4. The van der Waals surface area contributed by atoms with Gasteiger partial charge in [-0.05, 0) is 37.1 Å². The highest BCUT2D eigenvalue weighted by Crippen LogP contribution is 2.26. The van der Waals surface area contributed by atoms with Crippen LogP contribution in [0.4, 0.5) is 0 Å². The fourth-order valence-corrected chi connectivity index (χ4v) is 4.67. The summed E-state index contributed by atoms with van der Waals surface area (Å²) in [5.41, 5.74) is 0. The number of hydrogen-bond donors (Lipinski definition) is 1. The molecular weight excluding hydrogens is 352 g/mol. The Labute approximate surface area is 153 Å². The molecule has 26 heavy (non-hydrogen) atoms. The molecule has 2 aromatic rings. The van der Waals surface area contributed by atoms with Gasteiger partial charge in [-0.25, -0.2) is 8.42 Å². The van der Waals surface area contributed by atoms with E-state index in [0.717, 1.165) is 5.75 Å². The largest absolute Gasteiger partial charge is 0.492 e. The molecule has 1 fully saturated rings. The van der Waals surface area contributed by atoms with Crippen molar-refractivity contribution in [2.45, 2.75) is 23.8 Å². The van der Waals surface area contributed by atoms with Gasteiger partial charge in [-0.1, -0.05) is 36.4 Å². The average Bonchev–Trinajstić information content (AvgIpc) is 3.17. The second-order valence-electron chi connectivity index (χ2n) is 6.04. The second kappa shape index (κ2) is 8.33. The molecule has 138 valence electrons. The van der Waals surface area contributed by atoms with Gasteiger partial charge in [0.1, 0.15) is 18.4 Å². The van der Waals surface area contributed by atoms with Crippen LogP contribution >= 0.6 is 0 Å². The minimum atomic E-state index is -3.67. The van der Waals surface area contributed by atoms with E-state index in [1.165, 1.54) is 4.31 Å². The molecule has 0 radical (unpaired) electrons. The van der Waals surface area contributed by atoms with Crippen molar-refractivity contribution in [3.05, 3.63) is 60.7 Å². The molecule has 1 unspecified atom stereocenters. The maximum atomic E-state index is 12.8. The van der Waals surface area contributed by atoms with Gasteiger partial charge >= 0.3 is 0 Å². The Hall–Kier alpha value is -2.38. The van der Waals surface area contributed by atoms with Crippen molar-refractivity contribution in [3.63, 3.8) is 0 Å². The zero-order chi connectivity index (χ0) is 18.4. The molecule has 1 saturated heterocycles. The summed E-state index contributed by atoms with van der Waals surface area (Å²) in [5.74, 6) is 0.453. The first-order valence-corrected chi connectivity index (χ1v) is 10.1. The first-order valence-electron chi connectivity index (χ1n) is 8.61. The van der Waals surface area contributed by atoms with Crippen LogP contribution in [0, 0.1) is 0 Å². The maximum Gasteiger partial charge on any atom is 0.243 e. The van der Waals surface area contributed by atoms with Crippen LogP contribution in [0.3, 0.4) is 0 Å². The highest BCUT2D eigenvalue weighted by molar-refractivity contribution is 7.89. The highest BCUT2D eigenvalue weighted by atomic mass is 32.2. The highest BCUT2D eigenvalue weighted by Gasteiger charge is 2.39. The fraction of sp³-hybridized carbons (Fsp3) is 0.316. The Morgan fingerprint density at radius 1 is 1.08 bits per heavy atom. The Bertz CT molecular complexity index is 825. The molecule has 0 aromatic heterocycles. The van der Waals surface area contributed by atoms with E-state index in [1.54, 1.807) is 30.3 Å². The average molecular weight is 374 g/mol. The zero-order valence-corrected chi connectivity index (χ0v) is 15.2. The van der Waals surface area contributed by atoms with Gasteiger partial charge in [0.2, 0.25) is 15.9 Å². The minimum Gasteiger partial charge on any atom is -0.492 e. The Balaban J connectivity index is 1.56. The summed E-state index contributed by atoms with van der Waals surface area (Å²) >= 11 is 0.